The monoisotopic (exact) mass is 269 g/mol. The molecule has 7 nitrogen and oxygen atoms in total. The summed E-state index contributed by atoms with van der Waals surface area (Å²) >= 11 is 0. The second-order valence-electron chi connectivity index (χ2n) is 2.65. The van der Waals surface area contributed by atoms with Crippen molar-refractivity contribution in [3.63, 3.8) is 0 Å². The summed E-state index contributed by atoms with van der Waals surface area (Å²) in [5, 5.41) is 0. The summed E-state index contributed by atoms with van der Waals surface area (Å²) in [6.07, 6.45) is 0. The topological polar surface area (TPSA) is 118 Å². The van der Waals surface area contributed by atoms with E-state index < -0.39 is 15.5 Å². The van der Waals surface area contributed by atoms with E-state index in [9.17, 15) is 9.13 Å². The molecule has 1 rings (SSSR count). The number of benzene rings is 1. The standard InChI is InChI=1S/C6H9NO6P2.CH4/c8-14(9,10)7(15(11,12)13)6-4-2-1-3-5-6;/h1-5H,(H2,8,9,10)(H2,11,12,13);1H4. The normalized spacial score (nSPS) is 11.8. The highest BCUT2D eigenvalue weighted by Gasteiger charge is 2.39. The minimum Gasteiger partial charge on any atom is -0.308 e. The molecule has 0 aliphatic heterocycles. The van der Waals surface area contributed by atoms with Crippen LogP contribution < -0.4 is 4.44 Å². The Bertz CT molecular complexity index is 402. The van der Waals surface area contributed by atoms with Gasteiger partial charge in [0, 0.05) is 0 Å². The fourth-order valence-electron chi connectivity index (χ4n) is 1.01. The van der Waals surface area contributed by atoms with Crippen LogP contribution in [0.25, 0.3) is 0 Å². The Hall–Kier alpha value is -0.680. The molecule has 0 saturated heterocycles. The molecule has 0 aliphatic rings. The SMILES string of the molecule is C.O=P(O)(O)N(c1ccccc1)P(=O)(O)O. The predicted molar refractivity (Wildman–Crippen MR) is 59.7 cm³/mol. The Morgan fingerprint density at radius 1 is 0.875 bits per heavy atom. The largest absolute Gasteiger partial charge is 0.439 e. The average molecular weight is 269 g/mol. The van der Waals surface area contributed by atoms with Gasteiger partial charge in [0.2, 0.25) is 0 Å². The van der Waals surface area contributed by atoms with Crippen LogP contribution in [0.3, 0.4) is 0 Å². The lowest BCUT2D eigenvalue weighted by molar-refractivity contribution is 0.350. The number of nitrogens with zero attached hydrogens (tertiary/aromatic N) is 1. The molecule has 0 fully saturated rings. The van der Waals surface area contributed by atoms with Gasteiger partial charge in [-0.3, -0.25) is 0 Å². The summed E-state index contributed by atoms with van der Waals surface area (Å²) in [4.78, 5) is 35.2. The van der Waals surface area contributed by atoms with Gasteiger partial charge in [0.1, 0.15) is 0 Å². The van der Waals surface area contributed by atoms with Crippen molar-refractivity contribution in [2.24, 2.45) is 0 Å². The van der Waals surface area contributed by atoms with E-state index >= 15 is 0 Å². The first-order valence-electron chi connectivity index (χ1n) is 3.70. The van der Waals surface area contributed by atoms with Crippen LogP contribution in [0, 0.1) is 0 Å². The Morgan fingerprint density at radius 2 is 1.25 bits per heavy atom. The molecule has 9 heteroatoms. The van der Waals surface area contributed by atoms with E-state index in [1.165, 1.54) is 24.3 Å². The summed E-state index contributed by atoms with van der Waals surface area (Å²) in [5.41, 5.74) is -0.237. The first kappa shape index (κ1) is 15.3. The van der Waals surface area contributed by atoms with E-state index in [2.05, 4.69) is 0 Å². The summed E-state index contributed by atoms with van der Waals surface area (Å²) in [7, 11) is -10.1. The first-order valence-corrected chi connectivity index (χ1v) is 6.83. The van der Waals surface area contributed by atoms with Crippen molar-refractivity contribution in [3.05, 3.63) is 30.3 Å². The van der Waals surface area contributed by atoms with Gasteiger partial charge in [-0.2, -0.15) is 4.44 Å². The highest BCUT2D eigenvalue weighted by atomic mass is 31.3. The van der Waals surface area contributed by atoms with Crippen LogP contribution in [0.5, 0.6) is 0 Å². The maximum Gasteiger partial charge on any atom is 0.439 e. The van der Waals surface area contributed by atoms with Crippen LogP contribution in [0.4, 0.5) is 5.69 Å². The molecule has 0 radical (unpaired) electrons. The Balaban J connectivity index is 0.00000225. The second kappa shape index (κ2) is 5.10. The summed E-state index contributed by atoms with van der Waals surface area (Å²) in [6.45, 7) is 0. The third-order valence-electron chi connectivity index (χ3n) is 1.48. The molecular weight excluding hydrogens is 256 g/mol. The zero-order valence-electron chi connectivity index (χ0n) is 7.33. The molecule has 0 aromatic heterocycles. The van der Waals surface area contributed by atoms with Crippen LogP contribution in [-0.4, -0.2) is 19.6 Å². The fraction of sp³-hybridized carbons (Fsp3) is 0.143. The molecule has 0 bridgehead atoms. The maximum atomic E-state index is 10.9. The highest BCUT2D eigenvalue weighted by Crippen LogP contribution is 2.59. The van der Waals surface area contributed by atoms with E-state index in [1.54, 1.807) is 6.07 Å². The van der Waals surface area contributed by atoms with Gasteiger partial charge in [0.05, 0.1) is 5.69 Å². The Labute approximate surface area is 92.8 Å². The molecule has 16 heavy (non-hydrogen) atoms. The molecule has 1 aromatic carbocycles. The molecule has 0 aliphatic carbocycles. The number of para-hydroxylation sites is 1. The molecule has 0 unspecified atom stereocenters. The van der Waals surface area contributed by atoms with Crippen molar-refractivity contribution in [1.82, 2.24) is 0 Å². The smallest absolute Gasteiger partial charge is 0.308 e. The molecular formula is C7H13NO6P2. The first-order chi connectivity index (χ1) is 6.73. The lowest BCUT2D eigenvalue weighted by Gasteiger charge is -2.25. The minimum absolute atomic E-state index is 0. The molecule has 4 N–H and O–H groups in total. The molecule has 0 atom stereocenters. The molecule has 0 saturated carbocycles. The van der Waals surface area contributed by atoms with Gasteiger partial charge in [-0.1, -0.05) is 25.6 Å². The predicted octanol–water partition coefficient (Wildman–Crippen LogP) is 1.31. The Kier molecular flexibility index (Phi) is 4.88. The van der Waals surface area contributed by atoms with Gasteiger partial charge >= 0.3 is 15.5 Å². The van der Waals surface area contributed by atoms with Crippen molar-refractivity contribution in [1.29, 1.82) is 0 Å². The van der Waals surface area contributed by atoms with Gasteiger partial charge in [-0.15, -0.1) is 0 Å². The summed E-state index contributed by atoms with van der Waals surface area (Å²) < 4.78 is 21.6. The van der Waals surface area contributed by atoms with Gasteiger partial charge in [-0.05, 0) is 12.1 Å². The lowest BCUT2D eigenvalue weighted by Crippen LogP contribution is -2.15. The fourth-order valence-corrected chi connectivity index (χ4v) is 3.10. The van der Waals surface area contributed by atoms with Crippen molar-refractivity contribution in [3.8, 4) is 0 Å². The van der Waals surface area contributed by atoms with E-state index in [0.717, 1.165) is 0 Å². The van der Waals surface area contributed by atoms with Gasteiger partial charge in [0.25, 0.3) is 0 Å². The van der Waals surface area contributed by atoms with E-state index in [0.29, 0.717) is 0 Å². The average Bonchev–Trinajstić information content (AvgIpc) is 2.00. The van der Waals surface area contributed by atoms with E-state index in [-0.39, 0.29) is 17.6 Å². The van der Waals surface area contributed by atoms with Gasteiger partial charge < -0.3 is 19.6 Å². The molecule has 1 aromatic rings. The zero-order valence-corrected chi connectivity index (χ0v) is 9.12. The zero-order chi connectivity index (χ0) is 11.7. The van der Waals surface area contributed by atoms with Crippen LogP contribution in [0.1, 0.15) is 7.43 Å². The summed E-state index contributed by atoms with van der Waals surface area (Å²) in [5.74, 6) is 0. The van der Waals surface area contributed by atoms with Gasteiger partial charge in [0.15, 0.2) is 0 Å². The second-order valence-corrected chi connectivity index (χ2v) is 5.82. The van der Waals surface area contributed by atoms with Crippen LogP contribution >= 0.6 is 15.5 Å². The third kappa shape index (κ3) is 3.72. The summed E-state index contributed by atoms with van der Waals surface area (Å²) in [6, 6.07) is 6.76. The molecule has 0 spiro atoms. The lowest BCUT2D eigenvalue weighted by atomic mass is 10.3. The number of hydrogen-bond acceptors (Lipinski definition) is 2. The maximum absolute atomic E-state index is 10.9. The van der Waals surface area contributed by atoms with Crippen molar-refractivity contribution in [2.75, 3.05) is 4.44 Å². The quantitative estimate of drug-likeness (QED) is 0.611. The van der Waals surface area contributed by atoms with Crippen molar-refractivity contribution >= 4 is 21.2 Å². The number of hydrogen-bond donors (Lipinski definition) is 4. The van der Waals surface area contributed by atoms with E-state index in [1.807, 2.05) is 0 Å². The van der Waals surface area contributed by atoms with Crippen molar-refractivity contribution in [2.45, 2.75) is 7.43 Å². The van der Waals surface area contributed by atoms with E-state index in [4.69, 9.17) is 19.6 Å². The Morgan fingerprint density at radius 3 is 1.56 bits per heavy atom. The van der Waals surface area contributed by atoms with Crippen LogP contribution in [-0.2, 0) is 9.13 Å². The van der Waals surface area contributed by atoms with Crippen molar-refractivity contribution < 1.29 is 28.7 Å². The minimum atomic E-state index is -5.05. The molecule has 0 amide bonds. The van der Waals surface area contributed by atoms with Gasteiger partial charge in [-0.25, -0.2) is 9.13 Å². The molecule has 92 valence electrons. The van der Waals surface area contributed by atoms with Crippen LogP contribution in [0.15, 0.2) is 30.3 Å². The van der Waals surface area contributed by atoms with Crippen LogP contribution in [0.2, 0.25) is 0 Å². The molecule has 0 heterocycles. The number of anilines is 1. The number of rotatable bonds is 3. The third-order valence-corrected chi connectivity index (χ3v) is 4.33. The highest BCUT2D eigenvalue weighted by molar-refractivity contribution is 7.72.